The number of carbonyl (C=O) groups excluding carboxylic acids is 1. The zero-order chi connectivity index (χ0) is 19.9. The number of urea groups is 1. The molecule has 1 aromatic carbocycles. The minimum atomic E-state index is -0.243. The minimum Gasteiger partial charge on any atom is -0.376 e. The molecule has 0 aliphatic heterocycles. The fourth-order valence-corrected chi connectivity index (χ4v) is 3.36. The highest BCUT2D eigenvalue weighted by Crippen LogP contribution is 2.26. The fraction of sp³-hybridized carbons (Fsp3) is 0.571. The molecule has 1 aromatic heterocycles. The van der Waals surface area contributed by atoms with Crippen LogP contribution < -0.4 is 10.6 Å². The van der Waals surface area contributed by atoms with Crippen LogP contribution in [0, 0.1) is 5.92 Å². The Morgan fingerprint density at radius 3 is 2.68 bits per heavy atom. The van der Waals surface area contributed by atoms with E-state index in [1.54, 1.807) is 0 Å². The molecule has 2 amide bonds. The van der Waals surface area contributed by atoms with E-state index >= 15 is 0 Å². The van der Waals surface area contributed by atoms with E-state index in [0.717, 1.165) is 12.0 Å². The smallest absolute Gasteiger partial charge is 0.319 e. The van der Waals surface area contributed by atoms with Crippen molar-refractivity contribution < 1.29 is 14.1 Å². The average molecular weight is 386 g/mol. The number of carbonyl (C=O) groups is 1. The highest BCUT2D eigenvalue weighted by molar-refractivity contribution is 5.89. The van der Waals surface area contributed by atoms with Gasteiger partial charge in [-0.05, 0) is 43.0 Å². The Balaban J connectivity index is 1.41. The van der Waals surface area contributed by atoms with E-state index in [0.29, 0.717) is 42.6 Å². The van der Waals surface area contributed by atoms with Gasteiger partial charge >= 0.3 is 6.03 Å². The highest BCUT2D eigenvalue weighted by Gasteiger charge is 2.21. The van der Waals surface area contributed by atoms with Crippen molar-refractivity contribution in [1.82, 2.24) is 15.5 Å². The second-order valence-corrected chi connectivity index (χ2v) is 7.74. The Morgan fingerprint density at radius 2 is 2.00 bits per heavy atom. The average Bonchev–Trinajstić information content (AvgIpc) is 3.18. The number of benzene rings is 1. The number of amides is 2. The first kappa shape index (κ1) is 20.3. The minimum absolute atomic E-state index is 0.215. The van der Waals surface area contributed by atoms with Crippen LogP contribution in [0.5, 0.6) is 0 Å². The van der Waals surface area contributed by atoms with Crippen LogP contribution in [0.2, 0.25) is 0 Å². The van der Waals surface area contributed by atoms with Crippen LogP contribution in [0.15, 0.2) is 28.8 Å². The maximum absolute atomic E-state index is 12.0. The third-order valence-corrected chi connectivity index (χ3v) is 5.10. The summed E-state index contributed by atoms with van der Waals surface area (Å²) in [5, 5.41) is 9.62. The number of aromatic nitrogens is 2. The van der Waals surface area contributed by atoms with Crippen LogP contribution in [0.25, 0.3) is 11.5 Å². The Hall–Kier alpha value is -2.41. The van der Waals surface area contributed by atoms with E-state index in [1.165, 1.54) is 19.3 Å². The molecule has 2 N–H and O–H groups in total. The lowest BCUT2D eigenvalue weighted by molar-refractivity contribution is -0.00232. The first-order chi connectivity index (χ1) is 13.5. The van der Waals surface area contributed by atoms with E-state index < -0.39 is 0 Å². The van der Waals surface area contributed by atoms with Crippen LogP contribution >= 0.6 is 0 Å². The molecular formula is C21H30N4O3. The van der Waals surface area contributed by atoms with E-state index in [4.69, 9.17) is 9.26 Å². The number of hydrogen-bond acceptors (Lipinski definition) is 5. The SMILES string of the molecule is CC(C)c1noc(-c2ccc(NC(=O)NCCOC3CCCCC3C)cc2)n1. The van der Waals surface area contributed by atoms with Crippen LogP contribution in [0.3, 0.4) is 0 Å². The second kappa shape index (κ2) is 9.68. The lowest BCUT2D eigenvalue weighted by Gasteiger charge is -2.28. The topological polar surface area (TPSA) is 89.3 Å². The molecule has 1 fully saturated rings. The maximum Gasteiger partial charge on any atom is 0.319 e. The van der Waals surface area contributed by atoms with Gasteiger partial charge in [0.15, 0.2) is 5.82 Å². The lowest BCUT2D eigenvalue weighted by atomic mass is 9.88. The van der Waals surface area contributed by atoms with Crippen molar-refractivity contribution in [2.24, 2.45) is 5.92 Å². The van der Waals surface area contributed by atoms with Crippen molar-refractivity contribution in [3.05, 3.63) is 30.1 Å². The number of ether oxygens (including phenoxy) is 1. The monoisotopic (exact) mass is 386 g/mol. The molecule has 7 nitrogen and oxygen atoms in total. The zero-order valence-electron chi connectivity index (χ0n) is 16.9. The molecule has 0 bridgehead atoms. The lowest BCUT2D eigenvalue weighted by Crippen LogP contribution is -2.34. The van der Waals surface area contributed by atoms with E-state index in [-0.39, 0.29) is 11.9 Å². The van der Waals surface area contributed by atoms with Crippen molar-refractivity contribution in [3.8, 4) is 11.5 Å². The van der Waals surface area contributed by atoms with Gasteiger partial charge in [-0.3, -0.25) is 0 Å². The summed E-state index contributed by atoms with van der Waals surface area (Å²) >= 11 is 0. The van der Waals surface area contributed by atoms with E-state index in [1.807, 2.05) is 38.1 Å². The highest BCUT2D eigenvalue weighted by atomic mass is 16.5. The Labute approximate surface area is 166 Å². The fourth-order valence-electron chi connectivity index (χ4n) is 3.36. The summed E-state index contributed by atoms with van der Waals surface area (Å²) in [7, 11) is 0. The molecule has 3 rings (SSSR count). The zero-order valence-corrected chi connectivity index (χ0v) is 16.9. The molecule has 0 spiro atoms. The first-order valence-electron chi connectivity index (χ1n) is 10.1. The molecule has 1 aliphatic carbocycles. The molecule has 7 heteroatoms. The van der Waals surface area contributed by atoms with Crippen LogP contribution in [-0.4, -0.2) is 35.4 Å². The van der Waals surface area contributed by atoms with Gasteiger partial charge in [0.2, 0.25) is 0 Å². The van der Waals surface area contributed by atoms with Crippen LogP contribution in [0.1, 0.15) is 58.2 Å². The van der Waals surface area contributed by atoms with Crippen LogP contribution in [0.4, 0.5) is 10.5 Å². The quantitative estimate of drug-likeness (QED) is 0.680. The molecular weight excluding hydrogens is 356 g/mol. The van der Waals surface area contributed by atoms with Gasteiger partial charge in [0.05, 0.1) is 12.7 Å². The third kappa shape index (κ3) is 5.55. The van der Waals surface area contributed by atoms with E-state index in [2.05, 4.69) is 27.7 Å². The van der Waals surface area contributed by atoms with E-state index in [9.17, 15) is 4.79 Å². The molecule has 28 heavy (non-hydrogen) atoms. The van der Waals surface area contributed by atoms with Crippen molar-refractivity contribution >= 4 is 11.7 Å². The predicted molar refractivity (Wildman–Crippen MR) is 108 cm³/mol. The molecule has 0 radical (unpaired) electrons. The van der Waals surface area contributed by atoms with Crippen LogP contribution in [-0.2, 0) is 4.74 Å². The third-order valence-electron chi connectivity index (χ3n) is 5.10. The first-order valence-corrected chi connectivity index (χ1v) is 10.1. The Morgan fingerprint density at radius 1 is 1.25 bits per heavy atom. The largest absolute Gasteiger partial charge is 0.376 e. The molecule has 0 saturated heterocycles. The summed E-state index contributed by atoms with van der Waals surface area (Å²) in [6.07, 6.45) is 5.22. The summed E-state index contributed by atoms with van der Waals surface area (Å²) < 4.78 is 11.2. The normalized spacial score (nSPS) is 19.6. The van der Waals surface area contributed by atoms with Gasteiger partial charge in [0.25, 0.3) is 5.89 Å². The molecule has 2 atom stereocenters. The molecule has 2 unspecified atom stereocenters. The van der Waals surface area contributed by atoms with Gasteiger partial charge < -0.3 is 19.9 Å². The van der Waals surface area contributed by atoms with Crippen molar-refractivity contribution in [2.75, 3.05) is 18.5 Å². The standard InChI is InChI=1S/C21H30N4O3/c1-14(2)19-24-20(28-25-19)16-8-10-17(11-9-16)23-21(26)22-12-13-27-18-7-5-4-6-15(18)3/h8-11,14-15,18H,4-7,12-13H2,1-3H3,(H2,22,23,26). The van der Waals surface area contributed by atoms with Crippen molar-refractivity contribution in [1.29, 1.82) is 0 Å². The predicted octanol–water partition coefficient (Wildman–Crippen LogP) is 4.58. The number of anilines is 1. The van der Waals surface area contributed by atoms with Crippen molar-refractivity contribution in [2.45, 2.75) is 58.5 Å². The Kier molecular flexibility index (Phi) is 7.03. The Bertz CT molecular complexity index is 757. The van der Waals surface area contributed by atoms with Gasteiger partial charge in [-0.2, -0.15) is 4.98 Å². The second-order valence-electron chi connectivity index (χ2n) is 7.74. The van der Waals surface area contributed by atoms with Crippen molar-refractivity contribution in [3.63, 3.8) is 0 Å². The summed E-state index contributed by atoms with van der Waals surface area (Å²) in [5.74, 6) is 1.99. The molecule has 2 aromatic rings. The number of rotatable bonds is 7. The number of nitrogens with zero attached hydrogens (tertiary/aromatic N) is 2. The summed E-state index contributed by atoms with van der Waals surface area (Å²) in [6, 6.07) is 7.08. The number of hydrogen-bond donors (Lipinski definition) is 2. The van der Waals surface area contributed by atoms with Gasteiger partial charge in [0, 0.05) is 23.7 Å². The summed E-state index contributed by atoms with van der Waals surface area (Å²) in [6.45, 7) is 7.30. The molecule has 1 aliphatic rings. The summed E-state index contributed by atoms with van der Waals surface area (Å²) in [4.78, 5) is 16.4. The molecule has 152 valence electrons. The number of nitrogens with one attached hydrogen (secondary N) is 2. The van der Waals surface area contributed by atoms with Gasteiger partial charge in [0.1, 0.15) is 0 Å². The van der Waals surface area contributed by atoms with Gasteiger partial charge in [-0.15, -0.1) is 0 Å². The summed E-state index contributed by atoms with van der Waals surface area (Å²) in [5.41, 5.74) is 1.52. The van der Waals surface area contributed by atoms with Gasteiger partial charge in [-0.1, -0.05) is 38.8 Å². The maximum atomic E-state index is 12.0. The molecule has 1 heterocycles. The molecule has 1 saturated carbocycles. The van der Waals surface area contributed by atoms with Gasteiger partial charge in [-0.25, -0.2) is 4.79 Å².